The molecule has 0 aliphatic carbocycles. The van der Waals surface area contributed by atoms with Gasteiger partial charge in [0.05, 0.1) is 40.5 Å². The number of hydrogen-bond acceptors (Lipinski definition) is 7. The molecule has 2 N–H and O–H groups in total. The summed E-state index contributed by atoms with van der Waals surface area (Å²) >= 11 is 0.951. The highest BCUT2D eigenvalue weighted by Crippen LogP contribution is 2.37. The highest BCUT2D eigenvalue weighted by atomic mass is 32.2. The van der Waals surface area contributed by atoms with Crippen LogP contribution in [0.5, 0.6) is 0 Å². The Balaban J connectivity index is 1.49. The Labute approximate surface area is 218 Å². The number of aryl methyl sites for hydroxylation is 1. The van der Waals surface area contributed by atoms with Crippen LogP contribution in [0.4, 0.5) is 10.1 Å². The van der Waals surface area contributed by atoms with Crippen molar-refractivity contribution >= 4 is 39.3 Å². The average molecular weight is 545 g/mol. The molecule has 9 nitrogen and oxygen atoms in total. The molecule has 0 radical (unpaired) electrons. The number of nitrogens with one attached hydrogen (secondary N) is 2. The quantitative estimate of drug-likeness (QED) is 0.549. The van der Waals surface area contributed by atoms with E-state index in [9.17, 15) is 27.7 Å². The molecule has 2 aromatic rings. The van der Waals surface area contributed by atoms with Crippen molar-refractivity contribution in [2.24, 2.45) is 0 Å². The van der Waals surface area contributed by atoms with Gasteiger partial charge in [0.2, 0.25) is 21.8 Å². The molecule has 2 amide bonds. The van der Waals surface area contributed by atoms with E-state index in [1.165, 1.54) is 28.6 Å². The van der Waals surface area contributed by atoms with Crippen molar-refractivity contribution in [3.05, 3.63) is 70.0 Å². The normalized spacial score (nSPS) is 18.7. The average Bonchev–Trinajstić information content (AvgIpc) is 2.89. The molecule has 1 unspecified atom stereocenters. The first-order valence-corrected chi connectivity index (χ1v) is 13.9. The molecule has 2 aliphatic heterocycles. The first kappa shape index (κ1) is 26.8. The van der Waals surface area contributed by atoms with Gasteiger partial charge in [-0.1, -0.05) is 36.0 Å². The van der Waals surface area contributed by atoms with Crippen LogP contribution in [-0.4, -0.2) is 56.6 Å². The van der Waals surface area contributed by atoms with Crippen molar-refractivity contribution in [3.63, 3.8) is 0 Å². The van der Waals surface area contributed by atoms with E-state index in [2.05, 4.69) is 16.7 Å². The van der Waals surface area contributed by atoms with Crippen molar-refractivity contribution < 1.29 is 27.1 Å². The summed E-state index contributed by atoms with van der Waals surface area (Å²) in [5, 5.41) is 15.2. The van der Waals surface area contributed by atoms with Crippen LogP contribution in [0, 0.1) is 24.1 Å². The van der Waals surface area contributed by atoms with Crippen molar-refractivity contribution in [2.75, 3.05) is 37.4 Å². The van der Waals surface area contributed by atoms with Gasteiger partial charge in [-0.15, -0.1) is 0 Å². The third-order valence-corrected chi connectivity index (χ3v) is 9.10. The molecular formula is C25H25FN4O5S2. The number of nitrogens with zero attached hydrogens (tertiary/aromatic N) is 2. The van der Waals surface area contributed by atoms with Gasteiger partial charge >= 0.3 is 0 Å². The highest BCUT2D eigenvalue weighted by molar-refractivity contribution is 8.03. The number of halogens is 1. The Hall–Kier alpha value is -3.24. The lowest BCUT2D eigenvalue weighted by atomic mass is 9.87. The minimum absolute atomic E-state index is 0.0795. The Morgan fingerprint density at radius 3 is 2.70 bits per heavy atom. The number of rotatable bonds is 7. The summed E-state index contributed by atoms with van der Waals surface area (Å²) in [6, 6.07) is 12.7. The second-order valence-electron chi connectivity index (χ2n) is 8.51. The van der Waals surface area contributed by atoms with Gasteiger partial charge in [0.15, 0.2) is 0 Å². The molecule has 0 spiro atoms. The zero-order valence-electron chi connectivity index (χ0n) is 20.0. The van der Waals surface area contributed by atoms with E-state index in [1.54, 1.807) is 25.1 Å². The summed E-state index contributed by atoms with van der Waals surface area (Å²) < 4.78 is 47.2. The number of amides is 2. The van der Waals surface area contributed by atoms with Crippen LogP contribution in [0.1, 0.15) is 23.5 Å². The van der Waals surface area contributed by atoms with Gasteiger partial charge in [-0.2, -0.15) is 9.57 Å². The second kappa shape index (κ2) is 11.4. The van der Waals surface area contributed by atoms with E-state index >= 15 is 0 Å². The van der Waals surface area contributed by atoms with E-state index in [-0.39, 0.29) is 52.2 Å². The van der Waals surface area contributed by atoms with Crippen molar-refractivity contribution in [3.8, 4) is 6.07 Å². The fraction of sp³-hybridized carbons (Fsp3) is 0.320. The first-order valence-electron chi connectivity index (χ1n) is 11.5. The van der Waals surface area contributed by atoms with Crippen LogP contribution >= 0.6 is 11.8 Å². The van der Waals surface area contributed by atoms with E-state index in [1.807, 2.05) is 0 Å². The number of carbonyl (C=O) groups excluding carboxylic acids is 2. The molecule has 1 fully saturated rings. The van der Waals surface area contributed by atoms with Crippen LogP contribution in [0.15, 0.2) is 58.0 Å². The number of anilines is 1. The number of hydrogen-bond donors (Lipinski definition) is 2. The smallest absolute Gasteiger partial charge is 0.243 e. The van der Waals surface area contributed by atoms with Gasteiger partial charge in [-0.05, 0) is 36.2 Å². The number of sulfonamides is 1. The van der Waals surface area contributed by atoms with E-state index in [4.69, 9.17) is 4.74 Å². The van der Waals surface area contributed by atoms with Crippen molar-refractivity contribution in [2.45, 2.75) is 24.2 Å². The maximum atomic E-state index is 14.4. The number of benzene rings is 2. The van der Waals surface area contributed by atoms with Crippen LogP contribution in [0.25, 0.3) is 0 Å². The fourth-order valence-electron chi connectivity index (χ4n) is 4.17. The lowest BCUT2D eigenvalue weighted by Gasteiger charge is -2.27. The zero-order valence-corrected chi connectivity index (χ0v) is 21.6. The molecular weight excluding hydrogens is 519 g/mol. The molecule has 2 aromatic carbocycles. The third kappa shape index (κ3) is 6.02. The number of carbonyl (C=O) groups is 2. The summed E-state index contributed by atoms with van der Waals surface area (Å²) in [7, 11) is -3.76. The van der Waals surface area contributed by atoms with Crippen LogP contribution in [0.2, 0.25) is 0 Å². The van der Waals surface area contributed by atoms with Gasteiger partial charge in [0.1, 0.15) is 5.82 Å². The molecule has 1 saturated heterocycles. The summed E-state index contributed by atoms with van der Waals surface area (Å²) in [4.78, 5) is 25.1. The predicted octanol–water partition coefficient (Wildman–Crippen LogP) is 2.87. The number of morpholine rings is 1. The van der Waals surface area contributed by atoms with Crippen LogP contribution in [0.3, 0.4) is 0 Å². The van der Waals surface area contributed by atoms with E-state index in [0.717, 1.165) is 11.8 Å². The van der Waals surface area contributed by atoms with Crippen molar-refractivity contribution in [1.29, 1.82) is 5.26 Å². The largest absolute Gasteiger partial charge is 0.379 e. The van der Waals surface area contributed by atoms with Crippen LogP contribution in [-0.2, 0) is 24.3 Å². The topological polar surface area (TPSA) is 129 Å². The predicted molar refractivity (Wildman–Crippen MR) is 136 cm³/mol. The molecule has 0 saturated carbocycles. The molecule has 0 bridgehead atoms. The maximum Gasteiger partial charge on any atom is 0.243 e. The Bertz CT molecular complexity index is 1400. The molecule has 1 atom stereocenters. The molecule has 2 heterocycles. The molecule has 12 heteroatoms. The fourth-order valence-corrected chi connectivity index (χ4v) is 6.71. The summed E-state index contributed by atoms with van der Waals surface area (Å²) in [6.45, 7) is 2.83. The van der Waals surface area contributed by atoms with Gasteiger partial charge in [0, 0.05) is 31.1 Å². The van der Waals surface area contributed by atoms with Gasteiger partial charge in [-0.25, -0.2) is 12.8 Å². The standard InChI is InChI=1S/C25H25FN4O5S2/c1-16-6-7-17(12-22(16)37(33,34)30-8-10-35-11-9-30)28-24(32)15-36-25-20(14-27)19(13-23(31)29-25)18-4-2-3-5-21(18)26/h2-7,12,19H,8-11,13,15H2,1H3,(H,28,32)(H,29,31). The molecule has 4 rings (SSSR count). The molecule has 37 heavy (non-hydrogen) atoms. The molecule has 2 aliphatic rings. The zero-order chi connectivity index (χ0) is 26.6. The van der Waals surface area contributed by atoms with Crippen molar-refractivity contribution in [1.82, 2.24) is 9.62 Å². The highest BCUT2D eigenvalue weighted by Gasteiger charge is 2.32. The van der Waals surface area contributed by atoms with Gasteiger partial charge < -0.3 is 15.4 Å². The van der Waals surface area contributed by atoms with E-state index < -0.39 is 27.7 Å². The Kier molecular flexibility index (Phi) is 8.29. The van der Waals surface area contributed by atoms with E-state index in [0.29, 0.717) is 24.5 Å². The Morgan fingerprint density at radius 2 is 2.00 bits per heavy atom. The first-order chi connectivity index (χ1) is 17.7. The minimum atomic E-state index is -3.76. The second-order valence-corrected chi connectivity index (χ2v) is 11.4. The van der Waals surface area contributed by atoms with Gasteiger partial charge in [0.25, 0.3) is 0 Å². The van der Waals surface area contributed by atoms with Gasteiger partial charge in [-0.3, -0.25) is 9.59 Å². The summed E-state index contributed by atoms with van der Waals surface area (Å²) in [5.41, 5.74) is 1.27. The lowest BCUT2D eigenvalue weighted by molar-refractivity contribution is -0.121. The number of thioether (sulfide) groups is 1. The SMILES string of the molecule is Cc1ccc(NC(=O)CSC2=C(C#N)C(c3ccccc3F)CC(=O)N2)cc1S(=O)(=O)N1CCOCC1. The maximum absolute atomic E-state index is 14.4. The number of allylic oxidation sites excluding steroid dienone is 1. The summed E-state index contributed by atoms with van der Waals surface area (Å²) in [5.74, 6) is -2.28. The molecule has 194 valence electrons. The lowest BCUT2D eigenvalue weighted by Crippen LogP contribution is -2.40. The number of nitriles is 1. The monoisotopic (exact) mass is 544 g/mol. The summed E-state index contributed by atoms with van der Waals surface area (Å²) in [6.07, 6.45) is -0.0795. The minimum Gasteiger partial charge on any atom is -0.379 e. The van der Waals surface area contributed by atoms with Crippen LogP contribution < -0.4 is 10.6 Å². The molecule has 0 aromatic heterocycles. The number of ether oxygens (including phenoxy) is 1. The Morgan fingerprint density at radius 1 is 1.27 bits per heavy atom. The third-order valence-electron chi connectivity index (χ3n) is 6.04.